The first-order valence-corrected chi connectivity index (χ1v) is 5.27. The van der Waals surface area contributed by atoms with Gasteiger partial charge in [0.1, 0.15) is 0 Å². The molecule has 0 bridgehead atoms. The van der Waals surface area contributed by atoms with E-state index in [1.807, 2.05) is 24.3 Å². The second-order valence-electron chi connectivity index (χ2n) is 3.97. The van der Waals surface area contributed by atoms with Gasteiger partial charge in [0.05, 0.1) is 5.56 Å². The maximum Gasteiger partial charge on any atom is 0.249 e. The number of benzene rings is 2. The zero-order valence-electron chi connectivity index (χ0n) is 8.94. The topological polar surface area (TPSA) is 60.2 Å². The number of ketones is 1. The maximum absolute atomic E-state index is 12.2. The predicted molar refractivity (Wildman–Crippen MR) is 63.8 cm³/mol. The number of primary amides is 1. The van der Waals surface area contributed by atoms with Gasteiger partial charge in [-0.3, -0.25) is 9.59 Å². The predicted octanol–water partition coefficient (Wildman–Crippen LogP) is 2.00. The Kier molecular flexibility index (Phi) is 1.89. The van der Waals surface area contributed by atoms with E-state index in [4.69, 9.17) is 5.73 Å². The molecule has 0 spiro atoms. The molecule has 0 radical (unpaired) electrons. The molecular weight excluding hydrogens is 214 g/mol. The molecule has 0 fully saturated rings. The SMILES string of the molecule is NC(=O)c1cccc2c1C(=O)c1ccccc1-2. The summed E-state index contributed by atoms with van der Waals surface area (Å²) in [5, 5.41) is 0. The van der Waals surface area contributed by atoms with Crippen LogP contribution in [0.15, 0.2) is 42.5 Å². The number of carbonyl (C=O) groups excluding carboxylic acids is 2. The molecule has 17 heavy (non-hydrogen) atoms. The van der Waals surface area contributed by atoms with Crippen molar-refractivity contribution in [2.75, 3.05) is 0 Å². The molecule has 1 aliphatic rings. The van der Waals surface area contributed by atoms with Crippen LogP contribution < -0.4 is 5.73 Å². The molecule has 0 aliphatic heterocycles. The van der Waals surface area contributed by atoms with Gasteiger partial charge < -0.3 is 5.73 Å². The smallest absolute Gasteiger partial charge is 0.249 e. The van der Waals surface area contributed by atoms with Gasteiger partial charge in [0.25, 0.3) is 0 Å². The quantitative estimate of drug-likeness (QED) is 0.685. The van der Waals surface area contributed by atoms with Gasteiger partial charge in [0.2, 0.25) is 5.91 Å². The summed E-state index contributed by atoms with van der Waals surface area (Å²) in [6.07, 6.45) is 0. The van der Waals surface area contributed by atoms with Crippen molar-refractivity contribution in [1.29, 1.82) is 0 Å². The van der Waals surface area contributed by atoms with Crippen molar-refractivity contribution in [2.45, 2.75) is 0 Å². The maximum atomic E-state index is 12.2. The first kappa shape index (κ1) is 9.78. The summed E-state index contributed by atoms with van der Waals surface area (Å²) >= 11 is 0. The molecule has 3 heteroatoms. The first-order chi connectivity index (χ1) is 8.20. The Hall–Kier alpha value is -2.42. The highest BCUT2D eigenvalue weighted by Gasteiger charge is 2.29. The number of rotatable bonds is 1. The van der Waals surface area contributed by atoms with E-state index in [-0.39, 0.29) is 5.78 Å². The van der Waals surface area contributed by atoms with E-state index in [0.717, 1.165) is 11.1 Å². The largest absolute Gasteiger partial charge is 0.366 e. The van der Waals surface area contributed by atoms with E-state index < -0.39 is 5.91 Å². The fourth-order valence-electron chi connectivity index (χ4n) is 2.28. The highest BCUT2D eigenvalue weighted by Crippen LogP contribution is 2.37. The van der Waals surface area contributed by atoms with Crippen molar-refractivity contribution in [1.82, 2.24) is 0 Å². The molecule has 0 atom stereocenters. The lowest BCUT2D eigenvalue weighted by atomic mass is 10.0. The zero-order valence-corrected chi connectivity index (χ0v) is 8.94. The van der Waals surface area contributed by atoms with Gasteiger partial charge in [0.15, 0.2) is 5.78 Å². The average Bonchev–Trinajstić information content (AvgIpc) is 2.64. The molecule has 1 aliphatic carbocycles. The van der Waals surface area contributed by atoms with Crippen LogP contribution in [0.5, 0.6) is 0 Å². The highest BCUT2D eigenvalue weighted by atomic mass is 16.1. The lowest BCUT2D eigenvalue weighted by Gasteiger charge is -2.02. The van der Waals surface area contributed by atoms with Gasteiger partial charge in [-0.15, -0.1) is 0 Å². The summed E-state index contributed by atoms with van der Waals surface area (Å²) < 4.78 is 0. The molecule has 2 aromatic carbocycles. The van der Waals surface area contributed by atoms with E-state index in [2.05, 4.69) is 0 Å². The van der Waals surface area contributed by atoms with E-state index in [9.17, 15) is 9.59 Å². The highest BCUT2D eigenvalue weighted by molar-refractivity contribution is 6.25. The summed E-state index contributed by atoms with van der Waals surface area (Å²) in [6.45, 7) is 0. The standard InChI is InChI=1S/C14H9NO2/c15-14(17)11-7-3-6-9-8-4-1-2-5-10(8)13(16)12(9)11/h1-7H,(H2,15,17). The molecular formula is C14H9NO2. The van der Waals surface area contributed by atoms with Crippen LogP contribution in [0.25, 0.3) is 11.1 Å². The van der Waals surface area contributed by atoms with Gasteiger partial charge in [-0.25, -0.2) is 0 Å². The number of carbonyl (C=O) groups is 2. The van der Waals surface area contributed by atoms with E-state index in [1.165, 1.54) is 0 Å². The monoisotopic (exact) mass is 223 g/mol. The molecule has 0 saturated heterocycles. The second kappa shape index (κ2) is 3.28. The van der Waals surface area contributed by atoms with Crippen LogP contribution >= 0.6 is 0 Å². The number of hydrogen-bond acceptors (Lipinski definition) is 2. The van der Waals surface area contributed by atoms with Gasteiger partial charge in [-0.2, -0.15) is 0 Å². The Morgan fingerprint density at radius 3 is 2.24 bits per heavy atom. The summed E-state index contributed by atoms with van der Waals surface area (Å²) in [5.41, 5.74) is 8.32. The van der Waals surface area contributed by atoms with Gasteiger partial charge >= 0.3 is 0 Å². The number of nitrogens with two attached hydrogens (primary N) is 1. The fraction of sp³-hybridized carbons (Fsp3) is 0. The Labute approximate surface area is 97.9 Å². The van der Waals surface area contributed by atoms with Crippen molar-refractivity contribution in [3.63, 3.8) is 0 Å². The first-order valence-electron chi connectivity index (χ1n) is 5.27. The van der Waals surface area contributed by atoms with Crippen molar-refractivity contribution in [3.05, 3.63) is 59.2 Å². The molecule has 2 aromatic rings. The van der Waals surface area contributed by atoms with Crippen LogP contribution in [-0.4, -0.2) is 11.7 Å². The summed E-state index contributed by atoms with van der Waals surface area (Å²) in [4.78, 5) is 23.5. The van der Waals surface area contributed by atoms with Crippen molar-refractivity contribution in [3.8, 4) is 11.1 Å². The minimum atomic E-state index is -0.567. The third kappa shape index (κ3) is 1.22. The van der Waals surface area contributed by atoms with Crippen LogP contribution in [-0.2, 0) is 0 Å². The molecule has 3 nitrogen and oxygen atoms in total. The van der Waals surface area contributed by atoms with Crippen molar-refractivity contribution >= 4 is 11.7 Å². The zero-order chi connectivity index (χ0) is 12.0. The van der Waals surface area contributed by atoms with Gasteiger partial charge in [-0.05, 0) is 17.2 Å². The number of amides is 1. The van der Waals surface area contributed by atoms with Gasteiger partial charge in [0, 0.05) is 11.1 Å². The molecule has 1 amide bonds. The van der Waals surface area contributed by atoms with Crippen LogP contribution in [0.2, 0.25) is 0 Å². The fourth-order valence-corrected chi connectivity index (χ4v) is 2.28. The minimum Gasteiger partial charge on any atom is -0.366 e. The molecule has 0 unspecified atom stereocenters. The van der Waals surface area contributed by atoms with Crippen LogP contribution in [0, 0.1) is 0 Å². The normalized spacial score (nSPS) is 12.1. The molecule has 0 heterocycles. The summed E-state index contributed by atoms with van der Waals surface area (Å²) in [7, 11) is 0. The lowest BCUT2D eigenvalue weighted by Crippen LogP contribution is -2.15. The Morgan fingerprint density at radius 1 is 0.882 bits per heavy atom. The second-order valence-corrected chi connectivity index (χ2v) is 3.97. The van der Waals surface area contributed by atoms with E-state index in [0.29, 0.717) is 16.7 Å². The average molecular weight is 223 g/mol. The molecule has 2 N–H and O–H groups in total. The lowest BCUT2D eigenvalue weighted by molar-refractivity contribution is 0.0983. The van der Waals surface area contributed by atoms with E-state index >= 15 is 0 Å². The van der Waals surface area contributed by atoms with Crippen molar-refractivity contribution < 1.29 is 9.59 Å². The third-order valence-electron chi connectivity index (χ3n) is 3.02. The van der Waals surface area contributed by atoms with Crippen LogP contribution in [0.4, 0.5) is 0 Å². The Morgan fingerprint density at radius 2 is 1.53 bits per heavy atom. The third-order valence-corrected chi connectivity index (χ3v) is 3.02. The summed E-state index contributed by atoms with van der Waals surface area (Å²) in [6, 6.07) is 12.5. The summed E-state index contributed by atoms with van der Waals surface area (Å²) in [5.74, 6) is -0.687. The molecule has 0 aromatic heterocycles. The van der Waals surface area contributed by atoms with Crippen LogP contribution in [0.1, 0.15) is 26.3 Å². The van der Waals surface area contributed by atoms with Gasteiger partial charge in [-0.1, -0.05) is 36.4 Å². The van der Waals surface area contributed by atoms with Crippen LogP contribution in [0.3, 0.4) is 0 Å². The minimum absolute atomic E-state index is 0.120. The molecule has 3 rings (SSSR count). The number of fused-ring (bicyclic) bond motifs is 3. The molecule has 82 valence electrons. The Balaban J connectivity index is 2.38. The van der Waals surface area contributed by atoms with E-state index in [1.54, 1.807) is 18.2 Å². The molecule has 0 saturated carbocycles. The Bertz CT molecular complexity index is 659. The van der Waals surface area contributed by atoms with Crippen molar-refractivity contribution in [2.24, 2.45) is 5.73 Å². The number of hydrogen-bond donors (Lipinski definition) is 1.